The van der Waals surface area contributed by atoms with Crippen LogP contribution >= 0.6 is 11.3 Å². The zero-order chi connectivity index (χ0) is 14.9. The van der Waals surface area contributed by atoms with E-state index in [1.165, 1.54) is 9.75 Å². The van der Waals surface area contributed by atoms with Gasteiger partial charge in [0.2, 0.25) is 0 Å². The molecule has 0 aliphatic heterocycles. The number of anilines is 2. The number of benzene rings is 1. The molecule has 0 saturated heterocycles. The number of hydrogen-bond donors (Lipinski definition) is 3. The van der Waals surface area contributed by atoms with Crippen LogP contribution in [0, 0.1) is 13.8 Å². The van der Waals surface area contributed by atoms with Crippen LogP contribution in [0.25, 0.3) is 0 Å². The van der Waals surface area contributed by atoms with Crippen molar-refractivity contribution in [2.45, 2.75) is 26.8 Å². The Hall–Kier alpha value is -2.01. The lowest BCUT2D eigenvalue weighted by Crippen LogP contribution is -2.27. The molecule has 0 radical (unpaired) electrons. The number of amides is 1. The average molecular weight is 289 g/mol. The van der Waals surface area contributed by atoms with Crippen LogP contribution in [-0.4, -0.2) is 5.91 Å². The first-order chi connectivity index (χ1) is 9.38. The Bertz CT molecular complexity index is 649. The first-order valence-corrected chi connectivity index (χ1v) is 7.23. The van der Waals surface area contributed by atoms with Crippen molar-refractivity contribution in [3.05, 3.63) is 45.1 Å². The fraction of sp³-hybridized carbons (Fsp3) is 0.267. The van der Waals surface area contributed by atoms with Crippen molar-refractivity contribution >= 4 is 28.6 Å². The lowest BCUT2D eigenvalue weighted by molar-refractivity contribution is 0.0941. The Morgan fingerprint density at radius 3 is 2.50 bits per heavy atom. The minimum atomic E-state index is -0.182. The van der Waals surface area contributed by atoms with Crippen molar-refractivity contribution < 1.29 is 4.79 Å². The maximum atomic E-state index is 12.3. The molecule has 0 aliphatic rings. The first-order valence-electron chi connectivity index (χ1n) is 6.41. The number of nitrogens with one attached hydrogen (secondary N) is 1. The van der Waals surface area contributed by atoms with Crippen LogP contribution in [0.15, 0.2) is 24.3 Å². The summed E-state index contributed by atoms with van der Waals surface area (Å²) < 4.78 is 0. The number of nitrogens with two attached hydrogens (primary N) is 2. The van der Waals surface area contributed by atoms with Crippen molar-refractivity contribution in [3.8, 4) is 0 Å². The molecule has 0 saturated carbocycles. The van der Waals surface area contributed by atoms with Gasteiger partial charge in [-0.1, -0.05) is 0 Å². The van der Waals surface area contributed by atoms with Gasteiger partial charge in [0.1, 0.15) is 0 Å². The summed E-state index contributed by atoms with van der Waals surface area (Å²) in [5.74, 6) is -0.182. The summed E-state index contributed by atoms with van der Waals surface area (Å²) in [5.41, 5.74) is 14.0. The van der Waals surface area contributed by atoms with Crippen LogP contribution in [0.2, 0.25) is 0 Å². The summed E-state index contributed by atoms with van der Waals surface area (Å²) in [7, 11) is 0. The monoisotopic (exact) mass is 289 g/mol. The molecule has 2 aromatic rings. The molecule has 2 rings (SSSR count). The second-order valence-corrected chi connectivity index (χ2v) is 6.37. The highest BCUT2D eigenvalue weighted by Crippen LogP contribution is 2.26. The molecule has 0 aliphatic carbocycles. The molecule has 1 unspecified atom stereocenters. The number of aryl methyl sites for hydroxylation is 2. The normalized spacial score (nSPS) is 12.2. The standard InChI is InChI=1S/C15H19N3OS/c1-8-6-13(10(3)20-8)9(2)18-15(19)12-5-4-11(16)7-14(12)17/h4-7,9H,16-17H2,1-3H3,(H,18,19). The predicted octanol–water partition coefficient (Wildman–Crippen LogP) is 3.02. The highest BCUT2D eigenvalue weighted by Gasteiger charge is 2.16. The maximum Gasteiger partial charge on any atom is 0.253 e. The summed E-state index contributed by atoms with van der Waals surface area (Å²) in [6, 6.07) is 6.98. The number of hydrogen-bond acceptors (Lipinski definition) is 4. The molecule has 0 fully saturated rings. The topological polar surface area (TPSA) is 81.1 Å². The molecule has 20 heavy (non-hydrogen) atoms. The van der Waals surface area contributed by atoms with Crippen molar-refractivity contribution in [2.75, 3.05) is 11.5 Å². The zero-order valence-corrected chi connectivity index (χ0v) is 12.7. The van der Waals surface area contributed by atoms with Gasteiger partial charge in [-0.15, -0.1) is 11.3 Å². The minimum Gasteiger partial charge on any atom is -0.399 e. The molecule has 1 amide bonds. The van der Waals surface area contributed by atoms with Gasteiger partial charge in [0, 0.05) is 21.1 Å². The molecule has 1 heterocycles. The van der Waals surface area contributed by atoms with E-state index in [-0.39, 0.29) is 11.9 Å². The van der Waals surface area contributed by atoms with Crippen LogP contribution in [0.4, 0.5) is 11.4 Å². The maximum absolute atomic E-state index is 12.3. The van der Waals surface area contributed by atoms with Gasteiger partial charge < -0.3 is 16.8 Å². The Kier molecular flexibility index (Phi) is 3.99. The fourth-order valence-electron chi connectivity index (χ4n) is 2.22. The Morgan fingerprint density at radius 2 is 1.95 bits per heavy atom. The Balaban J connectivity index is 2.17. The van der Waals surface area contributed by atoms with Crippen LogP contribution in [-0.2, 0) is 0 Å². The molecule has 5 N–H and O–H groups in total. The third-order valence-corrected chi connectivity index (χ3v) is 4.20. The van der Waals surface area contributed by atoms with E-state index < -0.39 is 0 Å². The molecule has 106 valence electrons. The highest BCUT2D eigenvalue weighted by atomic mass is 32.1. The molecular formula is C15H19N3OS. The van der Waals surface area contributed by atoms with Gasteiger partial charge >= 0.3 is 0 Å². The molecule has 1 aromatic carbocycles. The second kappa shape index (κ2) is 5.54. The smallest absolute Gasteiger partial charge is 0.253 e. The Morgan fingerprint density at radius 1 is 1.25 bits per heavy atom. The molecule has 0 spiro atoms. The molecule has 0 bridgehead atoms. The number of carbonyl (C=O) groups is 1. The van der Waals surface area contributed by atoms with Crippen molar-refractivity contribution in [1.82, 2.24) is 5.32 Å². The molecule has 1 atom stereocenters. The molecular weight excluding hydrogens is 270 g/mol. The summed E-state index contributed by atoms with van der Waals surface area (Å²) in [6.07, 6.45) is 0. The van der Waals surface area contributed by atoms with E-state index in [2.05, 4.69) is 25.2 Å². The lowest BCUT2D eigenvalue weighted by atomic mass is 10.1. The number of nitrogen functional groups attached to an aromatic ring is 2. The van der Waals surface area contributed by atoms with Crippen LogP contribution < -0.4 is 16.8 Å². The van der Waals surface area contributed by atoms with E-state index in [1.807, 2.05) is 6.92 Å². The Labute approximate surface area is 122 Å². The summed E-state index contributed by atoms with van der Waals surface area (Å²) >= 11 is 1.73. The molecule has 1 aromatic heterocycles. The van der Waals surface area contributed by atoms with Gasteiger partial charge in [0.25, 0.3) is 5.91 Å². The van der Waals surface area contributed by atoms with Gasteiger partial charge in [-0.25, -0.2) is 0 Å². The fourth-order valence-corrected chi connectivity index (χ4v) is 3.24. The number of carbonyl (C=O) groups excluding carboxylic acids is 1. The third kappa shape index (κ3) is 2.93. The van der Waals surface area contributed by atoms with E-state index in [9.17, 15) is 4.79 Å². The zero-order valence-electron chi connectivity index (χ0n) is 11.9. The van der Waals surface area contributed by atoms with E-state index in [0.29, 0.717) is 16.9 Å². The van der Waals surface area contributed by atoms with Gasteiger partial charge in [-0.2, -0.15) is 0 Å². The van der Waals surface area contributed by atoms with Gasteiger partial charge in [0.05, 0.1) is 11.6 Å². The van der Waals surface area contributed by atoms with E-state index in [4.69, 9.17) is 11.5 Å². The van der Waals surface area contributed by atoms with Crippen LogP contribution in [0.3, 0.4) is 0 Å². The SMILES string of the molecule is Cc1cc(C(C)NC(=O)c2ccc(N)cc2N)c(C)s1. The lowest BCUT2D eigenvalue weighted by Gasteiger charge is -2.15. The first kappa shape index (κ1) is 14.4. The minimum absolute atomic E-state index is 0.0515. The number of rotatable bonds is 3. The third-order valence-electron chi connectivity index (χ3n) is 3.21. The largest absolute Gasteiger partial charge is 0.399 e. The van der Waals surface area contributed by atoms with Crippen molar-refractivity contribution in [3.63, 3.8) is 0 Å². The second-order valence-electron chi connectivity index (χ2n) is 4.91. The van der Waals surface area contributed by atoms with E-state index >= 15 is 0 Å². The predicted molar refractivity (Wildman–Crippen MR) is 84.9 cm³/mol. The van der Waals surface area contributed by atoms with Crippen LogP contribution in [0.5, 0.6) is 0 Å². The van der Waals surface area contributed by atoms with Crippen LogP contribution in [0.1, 0.15) is 38.6 Å². The van der Waals surface area contributed by atoms with Crippen molar-refractivity contribution in [1.29, 1.82) is 0 Å². The van der Waals surface area contributed by atoms with Gasteiger partial charge in [-0.3, -0.25) is 4.79 Å². The highest BCUT2D eigenvalue weighted by molar-refractivity contribution is 7.12. The summed E-state index contributed by atoms with van der Waals surface area (Å²) in [4.78, 5) is 14.7. The van der Waals surface area contributed by atoms with Crippen molar-refractivity contribution in [2.24, 2.45) is 0 Å². The number of thiophene rings is 1. The summed E-state index contributed by atoms with van der Waals surface area (Å²) in [6.45, 7) is 6.10. The van der Waals surface area contributed by atoms with Gasteiger partial charge in [0.15, 0.2) is 0 Å². The molecule has 5 heteroatoms. The summed E-state index contributed by atoms with van der Waals surface area (Å²) in [5, 5.41) is 2.97. The van der Waals surface area contributed by atoms with E-state index in [0.717, 1.165) is 5.56 Å². The van der Waals surface area contributed by atoms with E-state index in [1.54, 1.807) is 29.5 Å². The van der Waals surface area contributed by atoms with Gasteiger partial charge in [-0.05, 0) is 50.6 Å². The average Bonchev–Trinajstić information content (AvgIpc) is 2.68. The molecule has 4 nitrogen and oxygen atoms in total. The quantitative estimate of drug-likeness (QED) is 0.760.